The molecule has 4 fully saturated rings. The van der Waals surface area contributed by atoms with E-state index in [-0.39, 0.29) is 22.4 Å². The number of nitro benzene ring substituents is 1. The Morgan fingerprint density at radius 1 is 1.25 bits per heavy atom. The Morgan fingerprint density at radius 3 is 2.36 bits per heavy atom. The molecule has 1 N–H and O–H groups in total. The highest BCUT2D eigenvalue weighted by Crippen LogP contribution is 2.60. The Kier molecular flexibility index (Phi) is 5.04. The standard InChI is InChI=1S/C21H27NO6/c1-2-19(28-18-8-16(20(23)24)3-4-17(18)22(25)26)27-12-21-9-13-5-14(10-21)7-15(6-13)11-21/h3-4,8,13-15,19H,2,5-7,9-12H2,1H3,(H,23,24). The van der Waals surface area contributed by atoms with Gasteiger partial charge in [-0.25, -0.2) is 4.79 Å². The third-order valence-corrected chi connectivity index (χ3v) is 6.74. The average molecular weight is 389 g/mol. The molecule has 4 saturated carbocycles. The number of hydrogen-bond donors (Lipinski definition) is 1. The number of carboxylic acid groups (broad SMARTS) is 1. The van der Waals surface area contributed by atoms with Crippen molar-refractivity contribution in [2.45, 2.75) is 58.2 Å². The summed E-state index contributed by atoms with van der Waals surface area (Å²) in [5, 5.41) is 20.5. The van der Waals surface area contributed by atoms with Crippen LogP contribution in [0.2, 0.25) is 0 Å². The molecule has 0 amide bonds. The van der Waals surface area contributed by atoms with Crippen molar-refractivity contribution < 1.29 is 24.3 Å². The normalized spacial score (nSPS) is 31.5. The highest BCUT2D eigenvalue weighted by molar-refractivity contribution is 5.88. The molecule has 0 heterocycles. The van der Waals surface area contributed by atoms with Crippen LogP contribution < -0.4 is 4.74 Å². The van der Waals surface area contributed by atoms with Gasteiger partial charge >= 0.3 is 11.7 Å². The fraction of sp³-hybridized carbons (Fsp3) is 0.667. The molecule has 7 nitrogen and oxygen atoms in total. The Labute approximate surface area is 164 Å². The molecule has 4 aliphatic carbocycles. The van der Waals surface area contributed by atoms with Crippen LogP contribution in [0.15, 0.2) is 18.2 Å². The summed E-state index contributed by atoms with van der Waals surface area (Å²) in [5.74, 6) is 1.27. The van der Waals surface area contributed by atoms with Crippen molar-refractivity contribution in [1.29, 1.82) is 0 Å². The summed E-state index contributed by atoms with van der Waals surface area (Å²) >= 11 is 0. The Balaban J connectivity index is 1.46. The summed E-state index contributed by atoms with van der Waals surface area (Å²) in [4.78, 5) is 22.0. The zero-order chi connectivity index (χ0) is 19.9. The Bertz CT molecular complexity index is 741. The topological polar surface area (TPSA) is 98.9 Å². The second kappa shape index (κ2) is 7.35. The van der Waals surface area contributed by atoms with Gasteiger partial charge in [0.15, 0.2) is 6.29 Å². The van der Waals surface area contributed by atoms with Crippen molar-refractivity contribution >= 4 is 11.7 Å². The van der Waals surface area contributed by atoms with Gasteiger partial charge in [0.1, 0.15) is 0 Å². The van der Waals surface area contributed by atoms with Gasteiger partial charge in [-0.3, -0.25) is 10.1 Å². The molecule has 28 heavy (non-hydrogen) atoms. The van der Waals surface area contributed by atoms with Crippen LogP contribution in [0, 0.1) is 33.3 Å². The van der Waals surface area contributed by atoms with Gasteiger partial charge in [0, 0.05) is 18.6 Å². The van der Waals surface area contributed by atoms with Crippen molar-refractivity contribution in [2.24, 2.45) is 23.2 Å². The second-order valence-electron chi connectivity index (χ2n) is 8.93. The first-order chi connectivity index (χ1) is 13.4. The van der Waals surface area contributed by atoms with Crippen molar-refractivity contribution in [1.82, 2.24) is 0 Å². The van der Waals surface area contributed by atoms with E-state index in [2.05, 4.69) is 0 Å². The smallest absolute Gasteiger partial charge is 0.335 e. The largest absolute Gasteiger partial charge is 0.478 e. The fourth-order valence-electron chi connectivity index (χ4n) is 6.01. The molecule has 1 unspecified atom stereocenters. The molecule has 0 saturated heterocycles. The quantitative estimate of drug-likeness (QED) is 0.395. The summed E-state index contributed by atoms with van der Waals surface area (Å²) in [6.07, 6.45) is 7.62. The highest BCUT2D eigenvalue weighted by Gasteiger charge is 2.51. The number of ether oxygens (including phenoxy) is 2. The van der Waals surface area contributed by atoms with E-state index >= 15 is 0 Å². The van der Waals surface area contributed by atoms with Crippen molar-refractivity contribution in [2.75, 3.05) is 6.61 Å². The molecule has 1 atom stereocenters. The minimum absolute atomic E-state index is 0.0449. The lowest BCUT2D eigenvalue weighted by molar-refractivity contribution is -0.386. The van der Waals surface area contributed by atoms with Crippen molar-refractivity contribution in [3.63, 3.8) is 0 Å². The lowest BCUT2D eigenvalue weighted by Crippen LogP contribution is -2.48. The maximum atomic E-state index is 11.3. The minimum atomic E-state index is -1.15. The van der Waals surface area contributed by atoms with E-state index in [4.69, 9.17) is 9.47 Å². The number of carboxylic acids is 1. The van der Waals surface area contributed by atoms with E-state index in [1.165, 1.54) is 56.7 Å². The van der Waals surface area contributed by atoms with Crippen LogP contribution in [-0.2, 0) is 4.74 Å². The average Bonchev–Trinajstić information content (AvgIpc) is 2.63. The zero-order valence-corrected chi connectivity index (χ0v) is 16.1. The molecular formula is C21H27NO6. The van der Waals surface area contributed by atoms with E-state index in [0.29, 0.717) is 13.0 Å². The van der Waals surface area contributed by atoms with Crippen LogP contribution in [0.3, 0.4) is 0 Å². The van der Waals surface area contributed by atoms with Crippen molar-refractivity contribution in [3.05, 3.63) is 33.9 Å². The summed E-state index contributed by atoms with van der Waals surface area (Å²) in [7, 11) is 0. The monoisotopic (exact) mass is 389 g/mol. The SMILES string of the molecule is CCC(OCC12CC3CC(CC(C3)C1)C2)Oc1cc(C(=O)O)ccc1[N+](=O)[O-]. The van der Waals surface area contributed by atoms with Crippen LogP contribution in [0.25, 0.3) is 0 Å². The van der Waals surface area contributed by atoms with E-state index in [1.54, 1.807) is 0 Å². The molecule has 5 rings (SSSR count). The van der Waals surface area contributed by atoms with Crippen LogP contribution in [0.1, 0.15) is 62.2 Å². The number of rotatable bonds is 8. The number of aromatic carboxylic acids is 1. The molecule has 0 radical (unpaired) electrons. The fourth-order valence-corrected chi connectivity index (χ4v) is 6.01. The van der Waals surface area contributed by atoms with Gasteiger partial charge < -0.3 is 14.6 Å². The first kappa shape index (κ1) is 19.2. The first-order valence-electron chi connectivity index (χ1n) is 10.2. The second-order valence-corrected chi connectivity index (χ2v) is 8.93. The molecule has 7 heteroatoms. The van der Waals surface area contributed by atoms with Gasteiger partial charge in [-0.2, -0.15) is 0 Å². The lowest BCUT2D eigenvalue weighted by Gasteiger charge is -2.56. The third kappa shape index (κ3) is 3.72. The van der Waals surface area contributed by atoms with E-state index < -0.39 is 17.2 Å². The molecule has 1 aromatic rings. The Hall–Kier alpha value is -2.15. The van der Waals surface area contributed by atoms with Crippen LogP contribution >= 0.6 is 0 Å². The molecule has 4 aliphatic rings. The van der Waals surface area contributed by atoms with Gasteiger partial charge in [-0.1, -0.05) is 6.92 Å². The lowest BCUT2D eigenvalue weighted by atomic mass is 9.50. The Morgan fingerprint density at radius 2 is 1.86 bits per heavy atom. The molecule has 0 spiro atoms. The minimum Gasteiger partial charge on any atom is -0.478 e. The van der Waals surface area contributed by atoms with Gasteiger partial charge in [0.25, 0.3) is 0 Å². The van der Waals surface area contributed by atoms with Gasteiger partial charge in [-0.15, -0.1) is 0 Å². The molecule has 1 aromatic carbocycles. The van der Waals surface area contributed by atoms with E-state index in [1.807, 2.05) is 6.92 Å². The maximum Gasteiger partial charge on any atom is 0.335 e. The number of carbonyl (C=O) groups is 1. The van der Waals surface area contributed by atoms with Crippen LogP contribution in [-0.4, -0.2) is 28.9 Å². The van der Waals surface area contributed by atoms with Gasteiger partial charge in [-0.05, 0) is 67.8 Å². The predicted octanol–water partition coefficient (Wildman–Crippen LogP) is 4.64. The predicted molar refractivity (Wildman–Crippen MR) is 101 cm³/mol. The summed E-state index contributed by atoms with van der Waals surface area (Å²) < 4.78 is 11.9. The number of hydrogen-bond acceptors (Lipinski definition) is 5. The maximum absolute atomic E-state index is 11.3. The summed E-state index contributed by atoms with van der Waals surface area (Å²) in [5.41, 5.74) is -0.0706. The number of nitro groups is 1. The number of benzene rings is 1. The highest BCUT2D eigenvalue weighted by atomic mass is 16.7. The molecule has 152 valence electrons. The van der Waals surface area contributed by atoms with Crippen molar-refractivity contribution in [3.8, 4) is 5.75 Å². The molecule has 4 bridgehead atoms. The number of nitrogens with zero attached hydrogens (tertiary/aromatic N) is 1. The van der Waals surface area contributed by atoms with Crippen LogP contribution in [0.4, 0.5) is 5.69 Å². The zero-order valence-electron chi connectivity index (χ0n) is 16.1. The van der Waals surface area contributed by atoms with E-state index in [0.717, 1.165) is 17.8 Å². The molecular weight excluding hydrogens is 362 g/mol. The van der Waals surface area contributed by atoms with Gasteiger partial charge in [0.2, 0.25) is 5.75 Å². The van der Waals surface area contributed by atoms with Gasteiger partial charge in [0.05, 0.1) is 17.1 Å². The summed E-state index contributed by atoms with van der Waals surface area (Å²) in [6, 6.07) is 3.59. The van der Waals surface area contributed by atoms with Crippen LogP contribution in [0.5, 0.6) is 5.75 Å². The summed E-state index contributed by atoms with van der Waals surface area (Å²) in [6.45, 7) is 2.51. The molecule has 0 aliphatic heterocycles. The third-order valence-electron chi connectivity index (χ3n) is 6.74. The van der Waals surface area contributed by atoms with E-state index in [9.17, 15) is 20.0 Å². The molecule has 0 aromatic heterocycles. The first-order valence-corrected chi connectivity index (χ1v) is 10.2.